The second-order valence-corrected chi connectivity index (χ2v) is 5.55. The molecule has 1 amide bonds. The van der Waals surface area contributed by atoms with E-state index in [0.29, 0.717) is 5.56 Å². The molecular weight excluding hydrogens is 278 g/mol. The summed E-state index contributed by atoms with van der Waals surface area (Å²) in [4.78, 5) is 22.6. The molecule has 0 radical (unpaired) electrons. The van der Waals surface area contributed by atoms with Gasteiger partial charge < -0.3 is 30.2 Å². The Morgan fingerprint density at radius 3 is 2.38 bits per heavy atom. The van der Waals surface area contributed by atoms with Crippen LogP contribution in [0.4, 0.5) is 4.79 Å². The number of ether oxygens (including phenoxy) is 1. The zero-order valence-corrected chi connectivity index (χ0v) is 12.0. The lowest BCUT2D eigenvalue weighted by Crippen LogP contribution is -2.50. The zero-order valence-electron chi connectivity index (χ0n) is 12.0. The van der Waals surface area contributed by atoms with E-state index >= 15 is 0 Å². The number of alkyl carbamates (subject to hydrolysis) is 1. The summed E-state index contributed by atoms with van der Waals surface area (Å²) in [5.74, 6) is -2.17. The first-order valence-corrected chi connectivity index (χ1v) is 6.30. The van der Waals surface area contributed by atoms with Crippen molar-refractivity contribution in [2.24, 2.45) is 0 Å². The van der Waals surface area contributed by atoms with Crippen LogP contribution < -0.4 is 10.4 Å². The lowest BCUT2D eigenvalue weighted by atomic mass is 10.1. The molecular formula is C14H18NO6-. The van der Waals surface area contributed by atoms with Gasteiger partial charge in [0.15, 0.2) is 11.5 Å². The van der Waals surface area contributed by atoms with E-state index in [1.165, 1.54) is 18.2 Å². The van der Waals surface area contributed by atoms with Crippen molar-refractivity contribution < 1.29 is 29.6 Å². The van der Waals surface area contributed by atoms with E-state index in [1.807, 2.05) is 0 Å². The number of carboxylic acid groups (broad SMARTS) is 1. The van der Waals surface area contributed by atoms with Crippen LogP contribution in [0.2, 0.25) is 0 Å². The first kappa shape index (κ1) is 16.6. The van der Waals surface area contributed by atoms with Crippen molar-refractivity contribution in [1.29, 1.82) is 0 Å². The van der Waals surface area contributed by atoms with Gasteiger partial charge in [-0.05, 0) is 44.9 Å². The fraction of sp³-hybridized carbons (Fsp3) is 0.429. The molecule has 0 aliphatic carbocycles. The Kier molecular flexibility index (Phi) is 5.02. The molecule has 0 saturated heterocycles. The maximum Gasteiger partial charge on any atom is 0.408 e. The van der Waals surface area contributed by atoms with Crippen LogP contribution in [0.5, 0.6) is 11.5 Å². The Hall–Kier alpha value is -2.44. The second kappa shape index (κ2) is 6.34. The van der Waals surface area contributed by atoms with Crippen molar-refractivity contribution in [1.82, 2.24) is 5.32 Å². The Labute approximate surface area is 122 Å². The van der Waals surface area contributed by atoms with Crippen LogP contribution >= 0.6 is 0 Å². The molecule has 0 spiro atoms. The van der Waals surface area contributed by atoms with E-state index in [-0.39, 0.29) is 17.9 Å². The van der Waals surface area contributed by atoms with Gasteiger partial charge in [0.25, 0.3) is 0 Å². The number of rotatable bonds is 4. The highest BCUT2D eigenvalue weighted by atomic mass is 16.6. The molecule has 116 valence electrons. The highest BCUT2D eigenvalue weighted by molar-refractivity contribution is 5.79. The summed E-state index contributed by atoms with van der Waals surface area (Å²) >= 11 is 0. The summed E-state index contributed by atoms with van der Waals surface area (Å²) in [7, 11) is 0. The zero-order chi connectivity index (χ0) is 16.2. The normalized spacial score (nSPS) is 12.5. The maximum atomic E-state index is 11.6. The van der Waals surface area contributed by atoms with Crippen LogP contribution in [-0.2, 0) is 16.0 Å². The SMILES string of the molecule is CC(C)(C)OC(=O)N[C@@H](Cc1ccc(O)c(O)c1)C(=O)[O-]. The summed E-state index contributed by atoms with van der Waals surface area (Å²) in [6.45, 7) is 4.95. The average molecular weight is 296 g/mol. The average Bonchev–Trinajstić information content (AvgIpc) is 2.30. The number of nitrogens with one attached hydrogen (secondary N) is 1. The van der Waals surface area contributed by atoms with Crippen LogP contribution in [-0.4, -0.2) is 33.9 Å². The predicted octanol–water partition coefficient (Wildman–Crippen LogP) is 0.283. The molecule has 3 N–H and O–H groups in total. The van der Waals surface area contributed by atoms with E-state index in [2.05, 4.69) is 5.32 Å². The molecule has 0 aliphatic rings. The van der Waals surface area contributed by atoms with Gasteiger partial charge in [-0.2, -0.15) is 0 Å². The number of phenolic OH excluding ortho intramolecular Hbond substituents is 2. The molecule has 0 bridgehead atoms. The van der Waals surface area contributed by atoms with Crippen molar-refractivity contribution in [2.75, 3.05) is 0 Å². The molecule has 7 nitrogen and oxygen atoms in total. The third-order valence-corrected chi connectivity index (χ3v) is 2.46. The minimum atomic E-state index is -1.48. The third-order valence-electron chi connectivity index (χ3n) is 2.46. The number of carboxylic acids is 1. The molecule has 7 heteroatoms. The van der Waals surface area contributed by atoms with Crippen LogP contribution in [0.1, 0.15) is 26.3 Å². The number of carbonyl (C=O) groups excluding carboxylic acids is 2. The fourth-order valence-corrected chi connectivity index (χ4v) is 1.57. The Morgan fingerprint density at radius 2 is 1.90 bits per heavy atom. The van der Waals surface area contributed by atoms with Crippen LogP contribution in [0, 0.1) is 0 Å². The highest BCUT2D eigenvalue weighted by Gasteiger charge is 2.20. The van der Waals surface area contributed by atoms with Crippen molar-refractivity contribution in [2.45, 2.75) is 38.8 Å². The molecule has 1 aromatic rings. The second-order valence-electron chi connectivity index (χ2n) is 5.55. The standard InChI is InChI=1S/C14H19NO6/c1-14(2,3)21-13(20)15-9(12(18)19)6-8-4-5-10(16)11(17)7-8/h4-5,7,9,16-17H,6H2,1-3H3,(H,15,20)(H,18,19)/p-1/t9-/m0/s1. The van der Waals surface area contributed by atoms with Gasteiger partial charge in [-0.1, -0.05) is 6.07 Å². The smallest absolute Gasteiger partial charge is 0.408 e. The molecule has 0 heterocycles. The number of hydrogen-bond donors (Lipinski definition) is 3. The first-order chi connectivity index (χ1) is 9.58. The monoisotopic (exact) mass is 296 g/mol. The molecule has 0 fully saturated rings. The summed E-state index contributed by atoms with van der Waals surface area (Å²) in [5.41, 5.74) is -0.340. The molecule has 0 aromatic heterocycles. The Morgan fingerprint density at radius 1 is 1.29 bits per heavy atom. The number of aromatic hydroxyl groups is 2. The van der Waals surface area contributed by atoms with Gasteiger partial charge in [0.05, 0.1) is 12.0 Å². The predicted molar refractivity (Wildman–Crippen MR) is 71.6 cm³/mol. The van der Waals surface area contributed by atoms with Gasteiger partial charge in [0.2, 0.25) is 0 Å². The van der Waals surface area contributed by atoms with Gasteiger partial charge in [0, 0.05) is 0 Å². The number of amides is 1. The van der Waals surface area contributed by atoms with Gasteiger partial charge in [0.1, 0.15) is 5.60 Å². The number of hydrogen-bond acceptors (Lipinski definition) is 6. The lowest BCUT2D eigenvalue weighted by molar-refractivity contribution is -0.308. The molecule has 1 rings (SSSR count). The van der Waals surface area contributed by atoms with Crippen LogP contribution in [0.15, 0.2) is 18.2 Å². The number of phenols is 2. The van der Waals surface area contributed by atoms with Gasteiger partial charge in [-0.25, -0.2) is 4.79 Å². The summed E-state index contributed by atoms with van der Waals surface area (Å²) in [6.07, 6.45) is -0.991. The summed E-state index contributed by atoms with van der Waals surface area (Å²) < 4.78 is 4.97. The van der Waals surface area contributed by atoms with Crippen molar-refractivity contribution in [3.8, 4) is 11.5 Å². The maximum absolute atomic E-state index is 11.6. The number of benzene rings is 1. The molecule has 0 unspecified atom stereocenters. The Bertz CT molecular complexity index is 535. The van der Waals surface area contributed by atoms with Crippen molar-refractivity contribution >= 4 is 12.1 Å². The Balaban J connectivity index is 2.76. The molecule has 0 saturated carbocycles. The molecule has 1 aromatic carbocycles. The molecule has 21 heavy (non-hydrogen) atoms. The van der Waals surface area contributed by atoms with Gasteiger partial charge in [-0.15, -0.1) is 0 Å². The largest absolute Gasteiger partial charge is 0.548 e. The summed E-state index contributed by atoms with van der Waals surface area (Å²) in [6, 6.07) is 2.55. The molecule has 1 atom stereocenters. The minimum Gasteiger partial charge on any atom is -0.548 e. The van der Waals surface area contributed by atoms with Gasteiger partial charge in [-0.3, -0.25) is 0 Å². The van der Waals surface area contributed by atoms with Crippen molar-refractivity contribution in [3.05, 3.63) is 23.8 Å². The van der Waals surface area contributed by atoms with Gasteiger partial charge >= 0.3 is 6.09 Å². The van der Waals surface area contributed by atoms with Crippen LogP contribution in [0.25, 0.3) is 0 Å². The lowest BCUT2D eigenvalue weighted by Gasteiger charge is -2.24. The topological polar surface area (TPSA) is 119 Å². The molecule has 0 aliphatic heterocycles. The first-order valence-electron chi connectivity index (χ1n) is 6.30. The summed E-state index contributed by atoms with van der Waals surface area (Å²) in [5, 5.41) is 31.8. The minimum absolute atomic E-state index is 0.116. The fourth-order valence-electron chi connectivity index (χ4n) is 1.57. The van der Waals surface area contributed by atoms with E-state index in [9.17, 15) is 24.9 Å². The number of carbonyl (C=O) groups is 2. The quantitative estimate of drug-likeness (QED) is 0.687. The number of aliphatic carboxylic acids is 1. The highest BCUT2D eigenvalue weighted by Crippen LogP contribution is 2.25. The van der Waals surface area contributed by atoms with Crippen molar-refractivity contribution in [3.63, 3.8) is 0 Å². The third kappa shape index (κ3) is 5.60. The van der Waals surface area contributed by atoms with E-state index in [1.54, 1.807) is 20.8 Å². The van der Waals surface area contributed by atoms with E-state index < -0.39 is 23.7 Å². The van der Waals surface area contributed by atoms with E-state index in [0.717, 1.165) is 0 Å². The van der Waals surface area contributed by atoms with Crippen LogP contribution in [0.3, 0.4) is 0 Å². The van der Waals surface area contributed by atoms with E-state index in [4.69, 9.17) is 4.74 Å².